The first-order chi connectivity index (χ1) is 13.0. The number of hydrogen-bond acceptors (Lipinski definition) is 7. The number of fused-ring (bicyclic) bond motifs is 1. The third kappa shape index (κ3) is 4.81. The SMILES string of the molecule is COC(=O)CCC(=O)Nc1nc2ccc(C(=O)N3CCN(C)CC3)cc2s1. The van der Waals surface area contributed by atoms with Crippen LogP contribution in [-0.2, 0) is 14.3 Å². The second kappa shape index (κ2) is 8.45. The number of aromatic nitrogens is 1. The van der Waals surface area contributed by atoms with Gasteiger partial charge in [-0.25, -0.2) is 4.98 Å². The van der Waals surface area contributed by atoms with E-state index in [2.05, 4.69) is 19.9 Å². The minimum Gasteiger partial charge on any atom is -0.469 e. The Bertz CT molecular complexity index is 858. The van der Waals surface area contributed by atoms with Gasteiger partial charge in [-0.2, -0.15) is 0 Å². The summed E-state index contributed by atoms with van der Waals surface area (Å²) in [4.78, 5) is 44.1. The number of anilines is 1. The maximum Gasteiger partial charge on any atom is 0.306 e. The van der Waals surface area contributed by atoms with Crippen LogP contribution in [0.25, 0.3) is 10.2 Å². The Hall–Kier alpha value is -2.52. The summed E-state index contributed by atoms with van der Waals surface area (Å²) in [5, 5.41) is 3.14. The van der Waals surface area contributed by atoms with Crippen LogP contribution >= 0.6 is 11.3 Å². The Morgan fingerprint density at radius 2 is 1.93 bits per heavy atom. The van der Waals surface area contributed by atoms with Gasteiger partial charge in [0.25, 0.3) is 5.91 Å². The van der Waals surface area contributed by atoms with Gasteiger partial charge in [0.05, 0.1) is 23.7 Å². The highest BCUT2D eigenvalue weighted by Crippen LogP contribution is 2.27. The van der Waals surface area contributed by atoms with Crippen molar-refractivity contribution in [3.05, 3.63) is 23.8 Å². The molecule has 1 aliphatic rings. The highest BCUT2D eigenvalue weighted by atomic mass is 32.1. The van der Waals surface area contributed by atoms with Gasteiger partial charge < -0.3 is 19.9 Å². The number of methoxy groups -OCH3 is 1. The fourth-order valence-corrected chi connectivity index (χ4v) is 3.72. The minimum atomic E-state index is -0.429. The molecule has 0 aliphatic carbocycles. The normalized spacial score (nSPS) is 15.0. The van der Waals surface area contributed by atoms with Crippen LogP contribution in [0.2, 0.25) is 0 Å². The second-order valence-corrected chi connectivity index (χ2v) is 7.45. The van der Waals surface area contributed by atoms with Crippen LogP contribution in [-0.4, -0.2) is 72.9 Å². The Morgan fingerprint density at radius 1 is 1.19 bits per heavy atom. The van der Waals surface area contributed by atoms with Gasteiger partial charge in [0.15, 0.2) is 5.13 Å². The number of esters is 1. The zero-order valence-electron chi connectivity index (χ0n) is 15.4. The summed E-state index contributed by atoms with van der Waals surface area (Å²) in [7, 11) is 3.33. The average molecular weight is 390 g/mol. The van der Waals surface area contributed by atoms with Crippen LogP contribution in [0.5, 0.6) is 0 Å². The topological polar surface area (TPSA) is 91.8 Å². The number of amides is 2. The Morgan fingerprint density at radius 3 is 2.63 bits per heavy atom. The average Bonchev–Trinajstić information content (AvgIpc) is 3.07. The molecule has 0 atom stereocenters. The Kier molecular flexibility index (Phi) is 6.02. The number of hydrogen-bond donors (Lipinski definition) is 1. The molecule has 0 unspecified atom stereocenters. The van der Waals surface area contributed by atoms with Gasteiger partial charge in [0.2, 0.25) is 5.91 Å². The van der Waals surface area contributed by atoms with Crippen molar-refractivity contribution >= 4 is 44.5 Å². The molecule has 8 nitrogen and oxygen atoms in total. The van der Waals surface area contributed by atoms with Crippen LogP contribution in [0.4, 0.5) is 5.13 Å². The van der Waals surface area contributed by atoms with Gasteiger partial charge in [-0.1, -0.05) is 11.3 Å². The summed E-state index contributed by atoms with van der Waals surface area (Å²) in [6.45, 7) is 3.18. The van der Waals surface area contributed by atoms with Crippen LogP contribution in [0.15, 0.2) is 18.2 Å². The highest BCUT2D eigenvalue weighted by molar-refractivity contribution is 7.22. The van der Waals surface area contributed by atoms with Crippen LogP contribution in [0.3, 0.4) is 0 Å². The van der Waals surface area contributed by atoms with Crippen LogP contribution in [0, 0.1) is 0 Å². The second-order valence-electron chi connectivity index (χ2n) is 6.42. The molecule has 0 radical (unpaired) electrons. The number of nitrogens with one attached hydrogen (secondary N) is 1. The largest absolute Gasteiger partial charge is 0.469 e. The monoisotopic (exact) mass is 390 g/mol. The van der Waals surface area contributed by atoms with Crippen molar-refractivity contribution in [2.45, 2.75) is 12.8 Å². The predicted molar refractivity (Wildman–Crippen MR) is 103 cm³/mol. The van der Waals surface area contributed by atoms with Crippen LogP contribution < -0.4 is 5.32 Å². The Labute approximate surface area is 161 Å². The maximum absolute atomic E-state index is 12.7. The smallest absolute Gasteiger partial charge is 0.306 e. The van der Waals surface area contributed by atoms with Gasteiger partial charge in [-0.05, 0) is 25.2 Å². The van der Waals surface area contributed by atoms with Crippen molar-refractivity contribution in [2.24, 2.45) is 0 Å². The van der Waals surface area contributed by atoms with Gasteiger partial charge in [-0.15, -0.1) is 0 Å². The number of thiazole rings is 1. The lowest BCUT2D eigenvalue weighted by Gasteiger charge is -2.32. The summed E-state index contributed by atoms with van der Waals surface area (Å²) in [6.07, 6.45) is 0.0621. The van der Waals surface area contributed by atoms with Crippen molar-refractivity contribution in [1.82, 2.24) is 14.8 Å². The van der Waals surface area contributed by atoms with Gasteiger partial charge in [-0.3, -0.25) is 14.4 Å². The van der Waals surface area contributed by atoms with E-state index >= 15 is 0 Å². The molecule has 1 saturated heterocycles. The fraction of sp³-hybridized carbons (Fsp3) is 0.444. The van der Waals surface area contributed by atoms with E-state index in [-0.39, 0.29) is 24.7 Å². The van der Waals surface area contributed by atoms with Gasteiger partial charge in [0.1, 0.15) is 0 Å². The molecule has 27 heavy (non-hydrogen) atoms. The first kappa shape index (κ1) is 19.2. The maximum atomic E-state index is 12.7. The molecule has 1 aromatic heterocycles. The quantitative estimate of drug-likeness (QED) is 0.780. The number of benzene rings is 1. The van der Waals surface area contributed by atoms with E-state index in [1.165, 1.54) is 18.4 Å². The van der Waals surface area contributed by atoms with Crippen molar-refractivity contribution in [1.29, 1.82) is 0 Å². The van der Waals surface area contributed by atoms with E-state index in [1.54, 1.807) is 12.1 Å². The molecular formula is C18H22N4O4S. The van der Waals surface area contributed by atoms with Crippen molar-refractivity contribution < 1.29 is 19.1 Å². The number of rotatable bonds is 5. The van der Waals surface area contributed by atoms with Crippen molar-refractivity contribution in [3.63, 3.8) is 0 Å². The molecule has 1 N–H and O–H groups in total. The van der Waals surface area contributed by atoms with E-state index in [1.807, 2.05) is 18.0 Å². The van der Waals surface area contributed by atoms with Crippen molar-refractivity contribution in [2.75, 3.05) is 45.7 Å². The number of nitrogens with zero attached hydrogens (tertiary/aromatic N) is 3. The zero-order valence-corrected chi connectivity index (χ0v) is 16.2. The summed E-state index contributed by atoms with van der Waals surface area (Å²) in [6, 6.07) is 5.38. The predicted octanol–water partition coefficient (Wildman–Crippen LogP) is 1.58. The van der Waals surface area contributed by atoms with Gasteiger partial charge >= 0.3 is 5.97 Å². The zero-order chi connectivity index (χ0) is 19.4. The highest BCUT2D eigenvalue weighted by Gasteiger charge is 2.21. The first-order valence-corrected chi connectivity index (χ1v) is 9.53. The lowest BCUT2D eigenvalue weighted by atomic mass is 10.1. The molecule has 0 saturated carbocycles. The summed E-state index contributed by atoms with van der Waals surface area (Å²) in [5.41, 5.74) is 1.34. The van der Waals surface area contributed by atoms with E-state index in [0.29, 0.717) is 10.7 Å². The fourth-order valence-electron chi connectivity index (χ4n) is 2.80. The lowest BCUT2D eigenvalue weighted by Crippen LogP contribution is -2.47. The molecule has 9 heteroatoms. The molecule has 2 aromatic rings. The number of carbonyl (C=O) groups excluding carboxylic acids is 3. The molecule has 1 aromatic carbocycles. The lowest BCUT2D eigenvalue weighted by molar-refractivity contribution is -0.141. The molecule has 1 fully saturated rings. The summed E-state index contributed by atoms with van der Waals surface area (Å²) in [5.74, 6) is -0.711. The third-order valence-corrected chi connectivity index (χ3v) is 5.39. The number of piperazine rings is 1. The molecule has 144 valence electrons. The molecule has 1 aliphatic heterocycles. The number of likely N-dealkylation sites (N-methyl/N-ethyl adjacent to an activating group) is 1. The van der Waals surface area contributed by atoms with E-state index in [4.69, 9.17) is 0 Å². The standard InChI is InChI=1S/C18H22N4O4S/c1-21-7-9-22(10-8-21)17(25)12-3-4-13-14(11-12)27-18(19-13)20-15(23)5-6-16(24)26-2/h3-4,11H,5-10H2,1-2H3,(H,19,20,23). The minimum absolute atomic E-state index is 0.0158. The molecule has 0 bridgehead atoms. The molecule has 3 rings (SSSR count). The molecule has 2 heterocycles. The van der Waals surface area contributed by atoms with Gasteiger partial charge in [0, 0.05) is 38.2 Å². The van der Waals surface area contributed by atoms with E-state index in [0.717, 1.165) is 36.4 Å². The Balaban J connectivity index is 1.66. The summed E-state index contributed by atoms with van der Waals surface area (Å²) < 4.78 is 5.35. The van der Waals surface area contributed by atoms with Crippen molar-refractivity contribution in [3.8, 4) is 0 Å². The van der Waals surface area contributed by atoms with Crippen LogP contribution in [0.1, 0.15) is 23.2 Å². The van der Waals surface area contributed by atoms with E-state index < -0.39 is 5.97 Å². The molecular weight excluding hydrogens is 368 g/mol. The number of ether oxygens (including phenoxy) is 1. The first-order valence-electron chi connectivity index (χ1n) is 8.71. The van der Waals surface area contributed by atoms with E-state index in [9.17, 15) is 14.4 Å². The third-order valence-electron chi connectivity index (χ3n) is 4.46. The molecule has 2 amide bonds. The molecule has 0 spiro atoms. The summed E-state index contributed by atoms with van der Waals surface area (Å²) >= 11 is 1.31. The number of carbonyl (C=O) groups is 3.